The van der Waals surface area contributed by atoms with E-state index in [-0.39, 0.29) is 35.6 Å². The second-order valence-electron chi connectivity index (χ2n) is 8.12. The van der Waals surface area contributed by atoms with Crippen LogP contribution >= 0.6 is 23.4 Å². The van der Waals surface area contributed by atoms with Gasteiger partial charge in [0.15, 0.2) is 11.5 Å². The number of carbonyl (C=O) groups excluding carboxylic acids is 2. The highest BCUT2D eigenvalue weighted by molar-refractivity contribution is 7.98. The summed E-state index contributed by atoms with van der Waals surface area (Å²) >= 11 is 7.46. The number of hydrogen-bond donors (Lipinski definition) is 2. The Morgan fingerprint density at radius 2 is 2.03 bits per heavy atom. The molecule has 0 spiro atoms. The third-order valence-electron chi connectivity index (χ3n) is 5.69. The number of anilines is 3. The van der Waals surface area contributed by atoms with Gasteiger partial charge in [-0.3, -0.25) is 14.5 Å². The van der Waals surface area contributed by atoms with Crippen molar-refractivity contribution in [1.82, 2.24) is 20.5 Å². The van der Waals surface area contributed by atoms with Crippen LogP contribution in [0.3, 0.4) is 0 Å². The molecule has 0 unspecified atom stereocenters. The minimum absolute atomic E-state index is 0.104. The molecule has 0 saturated heterocycles. The maximum Gasteiger partial charge on any atom is 0.273 e. The predicted molar refractivity (Wildman–Crippen MR) is 143 cm³/mol. The first kappa shape index (κ1) is 22.6. The molecule has 10 nitrogen and oxygen atoms in total. The molecule has 3 aromatic rings. The van der Waals surface area contributed by atoms with Gasteiger partial charge in [-0.1, -0.05) is 11.6 Å². The molecule has 2 heterocycles. The number of amides is 2. The fraction of sp³-hybridized carbons (Fsp3) is 0.320. The van der Waals surface area contributed by atoms with Crippen molar-refractivity contribution in [2.75, 3.05) is 37.7 Å². The number of methoxy groups -OCH3 is 2. The molecule has 1 aromatic carbocycles. The maximum absolute atomic E-state index is 13.4. The van der Waals surface area contributed by atoms with Crippen LogP contribution in [0.25, 0.3) is 0 Å². The molecule has 1 aliphatic rings. The number of thioether (sulfide) groups is 1. The fourth-order valence-electron chi connectivity index (χ4n) is 3.61. The van der Waals surface area contributed by atoms with Crippen molar-refractivity contribution in [2.45, 2.75) is 24.3 Å². The topological polar surface area (TPSA) is 119 Å². The molecule has 12 heteroatoms. The molecule has 194 valence electrons. The molecule has 0 atom stereocenters. The summed E-state index contributed by atoms with van der Waals surface area (Å²) in [7, 11) is 3.07. The Labute approximate surface area is 228 Å². The Morgan fingerprint density at radius 3 is 2.70 bits per heavy atom. The smallest absolute Gasteiger partial charge is 0.273 e. The monoisotopic (exact) mass is 545 g/mol. The van der Waals surface area contributed by atoms with Crippen molar-refractivity contribution in [1.29, 1.82) is 0 Å². The van der Waals surface area contributed by atoms with Gasteiger partial charge in [0, 0.05) is 40.9 Å². The lowest BCUT2D eigenvalue weighted by molar-refractivity contribution is -0.119. The highest BCUT2D eigenvalue weighted by atomic mass is 35.5. The van der Waals surface area contributed by atoms with E-state index in [9.17, 15) is 9.59 Å². The van der Waals surface area contributed by atoms with Gasteiger partial charge in [0.25, 0.3) is 5.91 Å². The first-order valence-electron chi connectivity index (χ1n) is 12.7. The summed E-state index contributed by atoms with van der Waals surface area (Å²) in [5.74, 6) is 0.324. The molecule has 1 aliphatic carbocycles. The average Bonchev–Trinajstić information content (AvgIpc) is 3.77. The minimum atomic E-state index is -2.75. The molecule has 1 fully saturated rings. The Morgan fingerprint density at radius 1 is 1.22 bits per heavy atom. The van der Waals surface area contributed by atoms with Gasteiger partial charge in [0.2, 0.25) is 5.91 Å². The van der Waals surface area contributed by atoms with Crippen LogP contribution in [-0.4, -0.2) is 54.4 Å². The average molecular weight is 546 g/mol. The molecule has 2 amide bonds. The Hall–Kier alpha value is -3.57. The number of halogens is 1. The van der Waals surface area contributed by atoms with Crippen molar-refractivity contribution in [3.05, 3.63) is 52.8 Å². The molecule has 2 aromatic heterocycles. The van der Waals surface area contributed by atoms with Gasteiger partial charge in [-0.15, -0.1) is 22.0 Å². The molecule has 2 N–H and O–H groups in total. The number of ether oxygens (including phenoxy) is 2. The van der Waals surface area contributed by atoms with Gasteiger partial charge in [-0.05, 0) is 37.3 Å². The summed E-state index contributed by atoms with van der Waals surface area (Å²) < 4.78 is 33.1. The van der Waals surface area contributed by atoms with Gasteiger partial charge in [-0.2, -0.15) is 0 Å². The van der Waals surface area contributed by atoms with Crippen molar-refractivity contribution in [3.63, 3.8) is 0 Å². The summed E-state index contributed by atoms with van der Waals surface area (Å²) in [6, 6.07) is 8.43. The number of rotatable bonds is 10. The second kappa shape index (κ2) is 11.7. The lowest BCUT2D eigenvalue weighted by atomic mass is 10.1. The van der Waals surface area contributed by atoms with Gasteiger partial charge in [0.05, 0.1) is 36.4 Å². The van der Waals surface area contributed by atoms with Crippen LogP contribution in [-0.2, 0) is 11.3 Å². The van der Waals surface area contributed by atoms with E-state index >= 15 is 0 Å². The quantitative estimate of drug-likeness (QED) is 0.359. The summed E-state index contributed by atoms with van der Waals surface area (Å²) in [5, 5.41) is 13.6. The van der Waals surface area contributed by atoms with Crippen LogP contribution in [0.5, 0.6) is 11.5 Å². The van der Waals surface area contributed by atoms with Gasteiger partial charge >= 0.3 is 0 Å². The van der Waals surface area contributed by atoms with E-state index in [0.29, 0.717) is 32.8 Å². The molecule has 4 rings (SSSR count). The second-order valence-corrected chi connectivity index (χ2v) is 9.41. The predicted octanol–water partition coefficient (Wildman–Crippen LogP) is 4.31. The molecule has 1 saturated carbocycles. The standard InChI is InChI=1S/C25H27ClN6O4S/c1-27-24(33)22-18(29-23-20(37-4)9-16(26)12-28-23)11-21(30-31-22)32(25(34)14-5-6-14)13-15-7-8-17(35-2)10-19(15)36-3/h7-12,14H,5-6,13H2,1-4H3,(H,27,33)(H,28,29,30)/i1D3. The highest BCUT2D eigenvalue weighted by Crippen LogP contribution is 2.36. The van der Waals surface area contributed by atoms with Crippen LogP contribution < -0.4 is 25.0 Å². The van der Waals surface area contributed by atoms with Crippen molar-refractivity contribution in [3.8, 4) is 11.5 Å². The van der Waals surface area contributed by atoms with Crippen molar-refractivity contribution in [2.24, 2.45) is 5.92 Å². The molecular formula is C25H27ClN6O4S. The zero-order chi connectivity index (χ0) is 29.0. The molecule has 37 heavy (non-hydrogen) atoms. The Bertz CT molecular complexity index is 1420. The molecule has 0 aliphatic heterocycles. The van der Waals surface area contributed by atoms with E-state index in [1.807, 2.05) is 11.6 Å². The number of carbonyl (C=O) groups is 2. The van der Waals surface area contributed by atoms with Gasteiger partial charge < -0.3 is 20.1 Å². The molecular weight excluding hydrogens is 516 g/mol. The molecule has 0 radical (unpaired) electrons. The number of aromatic nitrogens is 3. The summed E-state index contributed by atoms with van der Waals surface area (Å²) in [5.41, 5.74) is 0.513. The largest absolute Gasteiger partial charge is 0.497 e. The Kier molecular flexibility index (Phi) is 7.12. The van der Waals surface area contributed by atoms with Crippen LogP contribution in [0, 0.1) is 5.92 Å². The summed E-state index contributed by atoms with van der Waals surface area (Å²) in [4.78, 5) is 32.8. The lowest BCUT2D eigenvalue weighted by Gasteiger charge is -2.24. The lowest BCUT2D eigenvalue weighted by Crippen LogP contribution is -2.33. The van der Waals surface area contributed by atoms with Crippen LogP contribution in [0.1, 0.15) is 33.0 Å². The summed E-state index contributed by atoms with van der Waals surface area (Å²) in [6.07, 6.45) is 4.76. The fourth-order valence-corrected chi connectivity index (χ4v) is 4.37. The van der Waals surface area contributed by atoms with Crippen molar-refractivity contribution < 1.29 is 23.2 Å². The van der Waals surface area contributed by atoms with Crippen LogP contribution in [0.15, 0.2) is 41.4 Å². The maximum atomic E-state index is 13.4. The number of hydrogen-bond acceptors (Lipinski definition) is 9. The number of benzene rings is 1. The van der Waals surface area contributed by atoms with Gasteiger partial charge in [0.1, 0.15) is 17.3 Å². The van der Waals surface area contributed by atoms with Crippen molar-refractivity contribution >= 4 is 52.5 Å². The van der Waals surface area contributed by atoms with Gasteiger partial charge in [-0.25, -0.2) is 4.98 Å². The first-order valence-corrected chi connectivity index (χ1v) is 12.8. The van der Waals surface area contributed by atoms with Crippen LogP contribution in [0.2, 0.25) is 5.02 Å². The zero-order valence-corrected chi connectivity index (χ0v) is 21.9. The number of nitrogens with zero attached hydrogens (tertiary/aromatic N) is 4. The Balaban J connectivity index is 1.79. The third-order valence-corrected chi connectivity index (χ3v) is 6.65. The molecule has 0 bridgehead atoms. The van der Waals surface area contributed by atoms with E-state index in [0.717, 1.165) is 12.8 Å². The first-order chi connectivity index (χ1) is 19.0. The van der Waals surface area contributed by atoms with E-state index in [1.54, 1.807) is 31.4 Å². The van der Waals surface area contributed by atoms with E-state index in [2.05, 4.69) is 20.5 Å². The number of nitrogens with one attached hydrogen (secondary N) is 2. The third kappa shape index (κ3) is 6.05. The van der Waals surface area contributed by atoms with E-state index in [1.165, 1.54) is 36.0 Å². The highest BCUT2D eigenvalue weighted by Gasteiger charge is 2.35. The van der Waals surface area contributed by atoms with Crippen LogP contribution in [0.4, 0.5) is 17.3 Å². The number of pyridine rings is 1. The van der Waals surface area contributed by atoms with E-state index in [4.69, 9.17) is 25.2 Å². The summed E-state index contributed by atoms with van der Waals surface area (Å²) in [6.45, 7) is -2.65. The zero-order valence-electron chi connectivity index (χ0n) is 23.4. The minimum Gasteiger partial charge on any atom is -0.497 e. The normalized spacial score (nSPS) is 14.1. The SMILES string of the molecule is [2H]C([2H])([2H])NC(=O)c1nnc(N(Cc2ccc(OC)cc2OC)C(=O)C2CC2)cc1Nc1ncc(Cl)cc1SC. The van der Waals surface area contributed by atoms with E-state index < -0.39 is 12.9 Å².